The van der Waals surface area contributed by atoms with Crippen LogP contribution in [0.2, 0.25) is 0 Å². The molecule has 1 heterocycles. The normalized spacial score (nSPS) is 23.1. The molecule has 1 aromatic heterocycles. The van der Waals surface area contributed by atoms with Gasteiger partial charge in [-0.05, 0) is 32.1 Å². The lowest BCUT2D eigenvalue weighted by Gasteiger charge is -2.20. The first kappa shape index (κ1) is 13.1. The molecule has 0 aliphatic heterocycles. The lowest BCUT2D eigenvalue weighted by molar-refractivity contribution is 0.554. The second-order valence-electron chi connectivity index (χ2n) is 5.28. The summed E-state index contributed by atoms with van der Waals surface area (Å²) in [6.45, 7) is 7.51. The van der Waals surface area contributed by atoms with Gasteiger partial charge in [0.15, 0.2) is 0 Å². The van der Waals surface area contributed by atoms with Gasteiger partial charge >= 0.3 is 0 Å². The van der Waals surface area contributed by atoms with Gasteiger partial charge in [-0.15, -0.1) is 0 Å². The molecule has 0 saturated heterocycles. The first-order valence-corrected chi connectivity index (χ1v) is 7.04. The van der Waals surface area contributed by atoms with Crippen LogP contribution in [-0.2, 0) is 0 Å². The van der Waals surface area contributed by atoms with E-state index >= 15 is 0 Å². The van der Waals surface area contributed by atoms with E-state index in [9.17, 15) is 0 Å². The van der Waals surface area contributed by atoms with Crippen molar-refractivity contribution in [3.05, 3.63) is 11.9 Å². The first-order valence-electron chi connectivity index (χ1n) is 7.04. The minimum absolute atomic E-state index is 0.567. The highest BCUT2D eigenvalue weighted by molar-refractivity contribution is 5.56. The summed E-state index contributed by atoms with van der Waals surface area (Å²) in [5.41, 5.74) is 1.13. The molecule has 4 heteroatoms. The summed E-state index contributed by atoms with van der Waals surface area (Å²) in [4.78, 5) is 8.69. The Kier molecular flexibility index (Phi) is 4.39. The molecule has 1 fully saturated rings. The number of hydrogen-bond acceptors (Lipinski definition) is 4. The Labute approximate surface area is 110 Å². The molecule has 18 heavy (non-hydrogen) atoms. The zero-order valence-electron chi connectivity index (χ0n) is 11.7. The molecule has 0 spiro atoms. The molecule has 2 rings (SSSR count). The van der Waals surface area contributed by atoms with Crippen LogP contribution in [0.3, 0.4) is 0 Å². The molecule has 1 saturated carbocycles. The minimum Gasteiger partial charge on any atom is -0.370 e. The zero-order valence-corrected chi connectivity index (χ0v) is 11.7. The standard InChI is InChI=1S/C14H24N4/c1-4-8-15-13-11(3)14(17-9-16-13)18-12-7-5-6-10(12)2/h9-10,12H,4-8H2,1-3H3,(H2,15,16,17,18). The fourth-order valence-electron chi connectivity index (χ4n) is 2.55. The molecule has 1 aliphatic rings. The summed E-state index contributed by atoms with van der Waals surface area (Å²) in [6, 6.07) is 0.567. The van der Waals surface area contributed by atoms with E-state index in [0.717, 1.165) is 36.1 Å². The van der Waals surface area contributed by atoms with Gasteiger partial charge in [-0.1, -0.05) is 20.3 Å². The van der Waals surface area contributed by atoms with E-state index in [2.05, 4.69) is 41.4 Å². The summed E-state index contributed by atoms with van der Waals surface area (Å²) in [6.07, 6.45) is 6.65. The van der Waals surface area contributed by atoms with Crippen LogP contribution in [0.15, 0.2) is 6.33 Å². The number of rotatable bonds is 5. The number of aromatic nitrogens is 2. The second kappa shape index (κ2) is 6.03. The maximum Gasteiger partial charge on any atom is 0.134 e. The molecule has 0 radical (unpaired) electrons. The molecule has 0 bridgehead atoms. The lowest BCUT2D eigenvalue weighted by Crippen LogP contribution is -2.23. The summed E-state index contributed by atoms with van der Waals surface area (Å²) in [5.74, 6) is 2.69. The topological polar surface area (TPSA) is 49.8 Å². The van der Waals surface area contributed by atoms with Crippen LogP contribution >= 0.6 is 0 Å². The smallest absolute Gasteiger partial charge is 0.134 e. The highest BCUT2D eigenvalue weighted by Gasteiger charge is 2.24. The van der Waals surface area contributed by atoms with Crippen molar-refractivity contribution in [3.8, 4) is 0 Å². The number of nitrogens with zero attached hydrogens (tertiary/aromatic N) is 2. The van der Waals surface area contributed by atoms with Crippen molar-refractivity contribution in [3.63, 3.8) is 0 Å². The number of hydrogen-bond donors (Lipinski definition) is 2. The van der Waals surface area contributed by atoms with E-state index in [1.54, 1.807) is 6.33 Å². The van der Waals surface area contributed by atoms with Crippen LogP contribution in [0.25, 0.3) is 0 Å². The van der Waals surface area contributed by atoms with Crippen molar-refractivity contribution in [1.82, 2.24) is 9.97 Å². The van der Waals surface area contributed by atoms with Gasteiger partial charge in [0.25, 0.3) is 0 Å². The van der Waals surface area contributed by atoms with Crippen molar-refractivity contribution in [1.29, 1.82) is 0 Å². The summed E-state index contributed by atoms with van der Waals surface area (Å²) in [7, 11) is 0. The average Bonchev–Trinajstić information content (AvgIpc) is 2.76. The predicted molar refractivity (Wildman–Crippen MR) is 76.0 cm³/mol. The SMILES string of the molecule is CCCNc1ncnc(NC2CCCC2C)c1C. The van der Waals surface area contributed by atoms with Gasteiger partial charge in [0.1, 0.15) is 18.0 Å². The Morgan fingerprint density at radius 1 is 1.28 bits per heavy atom. The van der Waals surface area contributed by atoms with E-state index in [1.807, 2.05) is 0 Å². The lowest BCUT2D eigenvalue weighted by atomic mass is 10.1. The molecule has 0 aromatic carbocycles. The van der Waals surface area contributed by atoms with Crippen molar-refractivity contribution in [2.45, 2.75) is 52.5 Å². The maximum atomic E-state index is 4.38. The Morgan fingerprint density at radius 2 is 2.06 bits per heavy atom. The van der Waals surface area contributed by atoms with E-state index in [1.165, 1.54) is 19.3 Å². The van der Waals surface area contributed by atoms with Crippen LogP contribution in [0, 0.1) is 12.8 Å². The molecular formula is C14H24N4. The highest BCUT2D eigenvalue weighted by Crippen LogP contribution is 2.29. The Hall–Kier alpha value is -1.32. The molecule has 0 amide bonds. The van der Waals surface area contributed by atoms with Crippen LogP contribution < -0.4 is 10.6 Å². The number of nitrogens with one attached hydrogen (secondary N) is 2. The minimum atomic E-state index is 0.567. The first-order chi connectivity index (χ1) is 8.72. The maximum absolute atomic E-state index is 4.38. The Bertz CT molecular complexity index is 391. The van der Waals surface area contributed by atoms with Crippen LogP contribution in [0.4, 0.5) is 11.6 Å². The van der Waals surface area contributed by atoms with E-state index in [-0.39, 0.29) is 0 Å². The average molecular weight is 248 g/mol. The second-order valence-corrected chi connectivity index (χ2v) is 5.28. The van der Waals surface area contributed by atoms with Crippen molar-refractivity contribution < 1.29 is 0 Å². The van der Waals surface area contributed by atoms with E-state index in [4.69, 9.17) is 0 Å². The predicted octanol–water partition coefficient (Wildman–Crippen LogP) is 3.21. The summed E-state index contributed by atoms with van der Waals surface area (Å²) >= 11 is 0. The van der Waals surface area contributed by atoms with Crippen LogP contribution in [0.5, 0.6) is 0 Å². The molecule has 2 unspecified atom stereocenters. The quantitative estimate of drug-likeness (QED) is 0.840. The van der Waals surface area contributed by atoms with E-state index < -0.39 is 0 Å². The Balaban J connectivity index is 2.07. The molecule has 2 N–H and O–H groups in total. The van der Waals surface area contributed by atoms with Gasteiger partial charge in [0, 0.05) is 18.2 Å². The third-order valence-corrected chi connectivity index (χ3v) is 3.81. The fourth-order valence-corrected chi connectivity index (χ4v) is 2.55. The number of anilines is 2. The summed E-state index contributed by atoms with van der Waals surface area (Å²) < 4.78 is 0. The van der Waals surface area contributed by atoms with Crippen molar-refractivity contribution >= 4 is 11.6 Å². The molecule has 1 aliphatic carbocycles. The van der Waals surface area contributed by atoms with E-state index in [0.29, 0.717) is 6.04 Å². The Morgan fingerprint density at radius 3 is 2.72 bits per heavy atom. The van der Waals surface area contributed by atoms with Crippen molar-refractivity contribution in [2.24, 2.45) is 5.92 Å². The van der Waals surface area contributed by atoms with Gasteiger partial charge in [-0.2, -0.15) is 0 Å². The fraction of sp³-hybridized carbons (Fsp3) is 0.714. The largest absolute Gasteiger partial charge is 0.370 e. The van der Waals surface area contributed by atoms with Gasteiger partial charge in [0.05, 0.1) is 0 Å². The summed E-state index contributed by atoms with van der Waals surface area (Å²) in [5, 5.41) is 6.93. The van der Waals surface area contributed by atoms with Gasteiger partial charge in [0.2, 0.25) is 0 Å². The molecule has 100 valence electrons. The third kappa shape index (κ3) is 2.92. The van der Waals surface area contributed by atoms with Crippen LogP contribution in [0.1, 0.15) is 45.1 Å². The zero-order chi connectivity index (χ0) is 13.0. The third-order valence-electron chi connectivity index (χ3n) is 3.81. The molecule has 1 aromatic rings. The van der Waals surface area contributed by atoms with Gasteiger partial charge in [-0.25, -0.2) is 9.97 Å². The van der Waals surface area contributed by atoms with Gasteiger partial charge in [-0.3, -0.25) is 0 Å². The van der Waals surface area contributed by atoms with Crippen LogP contribution in [-0.4, -0.2) is 22.6 Å². The van der Waals surface area contributed by atoms with Gasteiger partial charge < -0.3 is 10.6 Å². The molecular weight excluding hydrogens is 224 g/mol. The molecule has 2 atom stereocenters. The van der Waals surface area contributed by atoms with Crippen molar-refractivity contribution in [2.75, 3.05) is 17.2 Å². The molecule has 4 nitrogen and oxygen atoms in total. The monoisotopic (exact) mass is 248 g/mol. The highest BCUT2D eigenvalue weighted by atomic mass is 15.1.